The summed E-state index contributed by atoms with van der Waals surface area (Å²) in [6, 6.07) is 6.11. The molecule has 0 aliphatic carbocycles. The number of methoxy groups -OCH3 is 2. The molecule has 0 fully saturated rings. The molecule has 0 aliphatic rings. The Balaban J connectivity index is 2.10. The number of carbonyl (C=O) groups excluding carboxylic acids is 2. The fourth-order valence-corrected chi connectivity index (χ4v) is 3.72. The second-order valence-corrected chi connectivity index (χ2v) is 8.04. The number of halogens is 1. The summed E-state index contributed by atoms with van der Waals surface area (Å²) in [5, 5.41) is 10.1. The van der Waals surface area contributed by atoms with Gasteiger partial charge in [-0.3, -0.25) is 9.59 Å². The fourth-order valence-electron chi connectivity index (χ4n) is 3.72. The average Bonchev–Trinajstić information content (AvgIpc) is 2.73. The highest BCUT2D eigenvalue weighted by Gasteiger charge is 2.30. The number of carbonyl (C=O) groups is 2. The van der Waals surface area contributed by atoms with Crippen LogP contribution in [0.5, 0.6) is 17.2 Å². The van der Waals surface area contributed by atoms with Crippen LogP contribution in [0.15, 0.2) is 30.5 Å². The van der Waals surface area contributed by atoms with Crippen LogP contribution >= 0.6 is 0 Å². The van der Waals surface area contributed by atoms with Gasteiger partial charge in [-0.05, 0) is 30.5 Å². The van der Waals surface area contributed by atoms with Gasteiger partial charge in [0, 0.05) is 24.6 Å². The molecule has 3 atom stereocenters. The Morgan fingerprint density at radius 1 is 1.06 bits per heavy atom. The van der Waals surface area contributed by atoms with Crippen LogP contribution < -0.4 is 9.47 Å². The summed E-state index contributed by atoms with van der Waals surface area (Å²) in [5.74, 6) is -2.62. The molecular weight excluding hydrogens is 417 g/mol. The minimum Gasteiger partial charge on any atom is -0.503 e. The number of esters is 1. The first-order valence-electron chi connectivity index (χ1n) is 10.4. The van der Waals surface area contributed by atoms with Crippen LogP contribution in [0.4, 0.5) is 4.39 Å². The van der Waals surface area contributed by atoms with E-state index in [0.29, 0.717) is 5.56 Å². The zero-order valence-corrected chi connectivity index (χ0v) is 19.2. The topological polar surface area (TPSA) is 95.0 Å². The van der Waals surface area contributed by atoms with Crippen LogP contribution in [-0.2, 0) is 9.53 Å². The van der Waals surface area contributed by atoms with Gasteiger partial charge in [0.05, 0.1) is 20.1 Å². The quantitative estimate of drug-likeness (QED) is 0.422. The fraction of sp³-hybridized carbons (Fsp3) is 0.458. The van der Waals surface area contributed by atoms with Gasteiger partial charge < -0.3 is 19.3 Å². The monoisotopic (exact) mass is 447 g/mol. The molecule has 174 valence electrons. The van der Waals surface area contributed by atoms with Crippen molar-refractivity contribution in [2.45, 2.75) is 46.1 Å². The van der Waals surface area contributed by atoms with E-state index in [1.165, 1.54) is 32.5 Å². The van der Waals surface area contributed by atoms with Gasteiger partial charge in [-0.25, -0.2) is 9.37 Å². The zero-order chi connectivity index (χ0) is 24.0. The van der Waals surface area contributed by atoms with Crippen molar-refractivity contribution < 1.29 is 33.3 Å². The molecule has 1 N–H and O–H groups in total. The van der Waals surface area contributed by atoms with Crippen molar-refractivity contribution in [3.8, 4) is 17.2 Å². The standard InChI is InChI=1S/C24H30FNO6/c1-13(2)21(16-7-8-19(30-5)17(25)12-16)15(4)32-24(29)14(3)11-18(27)22-23(28)20(31-6)9-10-26-22/h7-10,12-15,21,28H,11H2,1-6H3/t14-,15+,21-/m1/s1. The van der Waals surface area contributed by atoms with Crippen molar-refractivity contribution in [1.29, 1.82) is 0 Å². The van der Waals surface area contributed by atoms with Gasteiger partial charge in [0.1, 0.15) is 6.10 Å². The summed E-state index contributed by atoms with van der Waals surface area (Å²) >= 11 is 0. The Morgan fingerprint density at radius 2 is 1.72 bits per heavy atom. The zero-order valence-electron chi connectivity index (χ0n) is 19.2. The number of benzene rings is 1. The van der Waals surface area contributed by atoms with E-state index in [0.717, 1.165) is 0 Å². The van der Waals surface area contributed by atoms with Crippen molar-refractivity contribution in [2.75, 3.05) is 14.2 Å². The van der Waals surface area contributed by atoms with E-state index in [1.807, 2.05) is 13.8 Å². The first-order chi connectivity index (χ1) is 15.1. The number of pyridine rings is 1. The lowest BCUT2D eigenvalue weighted by molar-refractivity contribution is -0.154. The van der Waals surface area contributed by atoms with Gasteiger partial charge in [0.15, 0.2) is 34.5 Å². The molecule has 0 bridgehead atoms. The van der Waals surface area contributed by atoms with Crippen LogP contribution in [0.1, 0.15) is 56.1 Å². The van der Waals surface area contributed by atoms with Crippen LogP contribution in [0, 0.1) is 17.7 Å². The van der Waals surface area contributed by atoms with Crippen molar-refractivity contribution >= 4 is 11.8 Å². The molecule has 8 heteroatoms. The van der Waals surface area contributed by atoms with Crippen LogP contribution in [0.25, 0.3) is 0 Å². The van der Waals surface area contributed by atoms with E-state index in [2.05, 4.69) is 4.98 Å². The molecule has 2 rings (SSSR count). The van der Waals surface area contributed by atoms with Crippen LogP contribution in [-0.4, -0.2) is 42.2 Å². The summed E-state index contributed by atoms with van der Waals surface area (Å²) in [6.07, 6.45) is 0.595. The molecule has 0 spiro atoms. The van der Waals surface area contributed by atoms with Crippen molar-refractivity contribution in [3.63, 3.8) is 0 Å². The molecule has 0 unspecified atom stereocenters. The number of nitrogens with zero attached hydrogens (tertiary/aromatic N) is 1. The number of hydrogen-bond acceptors (Lipinski definition) is 7. The van der Waals surface area contributed by atoms with Crippen LogP contribution in [0.2, 0.25) is 0 Å². The van der Waals surface area contributed by atoms with E-state index < -0.39 is 29.6 Å². The Labute approximate surface area is 187 Å². The van der Waals surface area contributed by atoms with Gasteiger partial charge in [-0.1, -0.05) is 26.8 Å². The van der Waals surface area contributed by atoms with Crippen molar-refractivity contribution in [2.24, 2.45) is 11.8 Å². The van der Waals surface area contributed by atoms with Gasteiger partial charge in [0.2, 0.25) is 0 Å². The maximum absolute atomic E-state index is 14.2. The molecular formula is C24H30FNO6. The molecule has 0 radical (unpaired) electrons. The Bertz CT molecular complexity index is 962. The lowest BCUT2D eigenvalue weighted by atomic mass is 9.84. The smallest absolute Gasteiger partial charge is 0.309 e. The first kappa shape index (κ1) is 25.1. The lowest BCUT2D eigenvalue weighted by Gasteiger charge is -2.29. The van der Waals surface area contributed by atoms with Gasteiger partial charge in [-0.15, -0.1) is 0 Å². The Morgan fingerprint density at radius 3 is 2.28 bits per heavy atom. The highest BCUT2D eigenvalue weighted by Crippen LogP contribution is 2.33. The van der Waals surface area contributed by atoms with E-state index in [4.69, 9.17) is 14.2 Å². The van der Waals surface area contributed by atoms with Crippen molar-refractivity contribution in [1.82, 2.24) is 4.98 Å². The number of Topliss-reactive ketones (excluding diaryl/α,β-unsaturated/α-hetero) is 1. The SMILES string of the molecule is COc1ccc([C@H](C(C)C)[C@H](C)OC(=O)[C@H](C)CC(=O)c2nccc(OC)c2O)cc1F. The Hall–Kier alpha value is -3.16. The van der Waals surface area contributed by atoms with Gasteiger partial charge in [0.25, 0.3) is 0 Å². The van der Waals surface area contributed by atoms with E-state index in [1.54, 1.807) is 26.0 Å². The van der Waals surface area contributed by atoms with E-state index in [9.17, 15) is 19.1 Å². The molecule has 0 saturated heterocycles. The predicted molar refractivity (Wildman–Crippen MR) is 117 cm³/mol. The summed E-state index contributed by atoms with van der Waals surface area (Å²) in [7, 11) is 2.76. The van der Waals surface area contributed by atoms with E-state index in [-0.39, 0.29) is 41.2 Å². The number of rotatable bonds is 10. The second-order valence-electron chi connectivity index (χ2n) is 8.04. The number of ether oxygens (including phenoxy) is 3. The normalized spacial score (nSPS) is 13.9. The molecule has 0 saturated carbocycles. The number of hydrogen-bond donors (Lipinski definition) is 1. The van der Waals surface area contributed by atoms with Gasteiger partial charge >= 0.3 is 5.97 Å². The molecule has 0 aliphatic heterocycles. The Kier molecular flexibility index (Phi) is 8.57. The third kappa shape index (κ3) is 5.75. The molecule has 7 nitrogen and oxygen atoms in total. The molecule has 0 amide bonds. The lowest BCUT2D eigenvalue weighted by Crippen LogP contribution is -2.29. The third-order valence-electron chi connectivity index (χ3n) is 5.35. The molecule has 2 aromatic rings. The van der Waals surface area contributed by atoms with Crippen molar-refractivity contribution in [3.05, 3.63) is 47.5 Å². The molecule has 1 aromatic carbocycles. The summed E-state index contributed by atoms with van der Waals surface area (Å²) in [6.45, 7) is 7.24. The van der Waals surface area contributed by atoms with Gasteiger partial charge in [-0.2, -0.15) is 0 Å². The minimum atomic E-state index is -0.766. The second kappa shape index (κ2) is 10.9. The number of aromatic hydroxyl groups is 1. The van der Waals surface area contributed by atoms with E-state index >= 15 is 0 Å². The highest BCUT2D eigenvalue weighted by atomic mass is 19.1. The predicted octanol–water partition coefficient (Wildman–Crippen LogP) is 4.52. The molecule has 1 aromatic heterocycles. The average molecular weight is 448 g/mol. The summed E-state index contributed by atoms with van der Waals surface area (Å²) in [5.41, 5.74) is 0.527. The highest BCUT2D eigenvalue weighted by molar-refractivity contribution is 5.99. The first-order valence-corrected chi connectivity index (χ1v) is 10.4. The van der Waals surface area contributed by atoms with Crippen LogP contribution in [0.3, 0.4) is 0 Å². The third-order valence-corrected chi connectivity index (χ3v) is 5.35. The maximum Gasteiger partial charge on any atom is 0.309 e. The molecule has 32 heavy (non-hydrogen) atoms. The summed E-state index contributed by atoms with van der Waals surface area (Å²) in [4.78, 5) is 29.1. The minimum absolute atomic E-state index is 0.0560. The molecule has 1 heterocycles. The maximum atomic E-state index is 14.2. The number of aromatic nitrogens is 1. The largest absolute Gasteiger partial charge is 0.503 e. The number of ketones is 1. The summed E-state index contributed by atoms with van der Waals surface area (Å²) < 4.78 is 29.8.